The molecule has 1 aliphatic heterocycles. The lowest BCUT2D eigenvalue weighted by Crippen LogP contribution is -2.24. The van der Waals surface area contributed by atoms with Crippen LogP contribution in [0, 0.1) is 0 Å². The van der Waals surface area contributed by atoms with Gasteiger partial charge in [0.05, 0.1) is 24.7 Å². The Morgan fingerprint density at radius 2 is 1.73 bits per heavy atom. The average molecular weight is 462 g/mol. The number of halogens is 1. The molecule has 1 fully saturated rings. The third kappa shape index (κ3) is 4.39. The van der Waals surface area contributed by atoms with E-state index in [0.29, 0.717) is 31.1 Å². The molecule has 5 rings (SSSR count). The third-order valence-corrected chi connectivity index (χ3v) is 6.21. The van der Waals surface area contributed by atoms with E-state index >= 15 is 0 Å². The normalized spacial score (nSPS) is 15.9. The Bertz CT molecular complexity index is 1270. The summed E-state index contributed by atoms with van der Waals surface area (Å²) in [6.07, 6.45) is 0.422. The largest absolute Gasteiger partial charge is 0.497 e. The standard InChI is InChI=1S/C26H24ClN3O3/c1-32-21-10-12-22(13-11-21)33-15-14-29-24-5-3-2-4-23(24)28-26(29)18-16-25(31)30(17-18)20-8-6-19(27)7-9-20/h2-13,18H,14-17H2,1H3/t18-/m1/s1. The molecule has 168 valence electrons. The minimum atomic E-state index is 0.00145. The Balaban J connectivity index is 1.37. The van der Waals surface area contributed by atoms with Crippen molar-refractivity contribution in [3.8, 4) is 11.5 Å². The van der Waals surface area contributed by atoms with Crippen LogP contribution in [0.5, 0.6) is 11.5 Å². The number of methoxy groups -OCH3 is 1. The summed E-state index contributed by atoms with van der Waals surface area (Å²) in [5.41, 5.74) is 2.83. The highest BCUT2D eigenvalue weighted by molar-refractivity contribution is 6.30. The number of carbonyl (C=O) groups excluding carboxylic acids is 1. The van der Waals surface area contributed by atoms with Gasteiger partial charge in [0.2, 0.25) is 5.91 Å². The molecule has 0 unspecified atom stereocenters. The number of carbonyl (C=O) groups is 1. The van der Waals surface area contributed by atoms with E-state index in [-0.39, 0.29) is 11.8 Å². The quantitative estimate of drug-likeness (QED) is 0.375. The number of hydrogen-bond donors (Lipinski definition) is 0. The lowest BCUT2D eigenvalue weighted by molar-refractivity contribution is -0.117. The number of hydrogen-bond acceptors (Lipinski definition) is 4. The lowest BCUT2D eigenvalue weighted by atomic mass is 10.1. The fourth-order valence-electron chi connectivity index (χ4n) is 4.32. The van der Waals surface area contributed by atoms with Gasteiger partial charge < -0.3 is 18.9 Å². The van der Waals surface area contributed by atoms with E-state index in [1.807, 2.05) is 71.6 Å². The van der Waals surface area contributed by atoms with Crippen LogP contribution in [0.25, 0.3) is 11.0 Å². The van der Waals surface area contributed by atoms with Crippen molar-refractivity contribution in [1.82, 2.24) is 9.55 Å². The van der Waals surface area contributed by atoms with Crippen molar-refractivity contribution in [3.05, 3.63) is 83.6 Å². The van der Waals surface area contributed by atoms with Gasteiger partial charge in [0.25, 0.3) is 0 Å². The van der Waals surface area contributed by atoms with Crippen LogP contribution in [0.15, 0.2) is 72.8 Å². The van der Waals surface area contributed by atoms with Crippen LogP contribution in [-0.2, 0) is 11.3 Å². The predicted molar refractivity (Wildman–Crippen MR) is 129 cm³/mol. The first-order valence-corrected chi connectivity index (χ1v) is 11.3. The van der Waals surface area contributed by atoms with E-state index < -0.39 is 0 Å². The molecule has 1 aliphatic rings. The molecule has 0 bridgehead atoms. The maximum atomic E-state index is 12.8. The zero-order valence-corrected chi connectivity index (χ0v) is 19.0. The Morgan fingerprint density at radius 1 is 1.00 bits per heavy atom. The molecule has 1 atom stereocenters. The number of aromatic nitrogens is 2. The van der Waals surface area contributed by atoms with Gasteiger partial charge in [-0.2, -0.15) is 0 Å². The second-order valence-corrected chi connectivity index (χ2v) is 8.45. The van der Waals surface area contributed by atoms with Gasteiger partial charge in [-0.15, -0.1) is 0 Å². The van der Waals surface area contributed by atoms with Crippen LogP contribution >= 0.6 is 11.6 Å². The Hall–Kier alpha value is -3.51. The molecule has 1 saturated heterocycles. The number of amides is 1. The molecule has 2 heterocycles. The van der Waals surface area contributed by atoms with Crippen LogP contribution in [0.4, 0.5) is 5.69 Å². The van der Waals surface area contributed by atoms with Crippen LogP contribution in [0.2, 0.25) is 5.02 Å². The minimum Gasteiger partial charge on any atom is -0.497 e. The van der Waals surface area contributed by atoms with E-state index in [0.717, 1.165) is 34.0 Å². The molecular formula is C26H24ClN3O3. The number of ether oxygens (including phenoxy) is 2. The minimum absolute atomic E-state index is 0.00145. The van der Waals surface area contributed by atoms with Gasteiger partial charge in [-0.25, -0.2) is 4.98 Å². The predicted octanol–water partition coefficient (Wildman–Crippen LogP) is 5.30. The van der Waals surface area contributed by atoms with Crippen molar-refractivity contribution >= 4 is 34.2 Å². The second kappa shape index (κ2) is 9.16. The highest BCUT2D eigenvalue weighted by Crippen LogP contribution is 2.33. The first-order valence-electron chi connectivity index (χ1n) is 10.9. The average Bonchev–Trinajstić information content (AvgIpc) is 3.41. The van der Waals surface area contributed by atoms with E-state index in [1.54, 1.807) is 7.11 Å². The Morgan fingerprint density at radius 3 is 2.48 bits per heavy atom. The number of rotatable bonds is 7. The number of nitrogens with zero attached hydrogens (tertiary/aromatic N) is 3. The van der Waals surface area contributed by atoms with Crippen molar-refractivity contribution in [2.24, 2.45) is 0 Å². The Labute approximate surface area is 197 Å². The molecule has 1 aromatic heterocycles. The van der Waals surface area contributed by atoms with Gasteiger partial charge in [-0.3, -0.25) is 4.79 Å². The van der Waals surface area contributed by atoms with Crippen molar-refractivity contribution in [2.75, 3.05) is 25.2 Å². The second-order valence-electron chi connectivity index (χ2n) is 8.02. The Kier molecular flexibility index (Phi) is 5.92. The van der Waals surface area contributed by atoms with Crippen molar-refractivity contribution < 1.29 is 14.3 Å². The smallest absolute Gasteiger partial charge is 0.227 e. The first kappa shape index (κ1) is 21.3. The fraction of sp³-hybridized carbons (Fsp3) is 0.231. The lowest BCUT2D eigenvalue weighted by Gasteiger charge is -2.17. The number of anilines is 1. The molecule has 1 amide bonds. The first-order chi connectivity index (χ1) is 16.1. The summed E-state index contributed by atoms with van der Waals surface area (Å²) >= 11 is 6.02. The highest BCUT2D eigenvalue weighted by atomic mass is 35.5. The van der Waals surface area contributed by atoms with Crippen LogP contribution in [-0.4, -0.2) is 35.7 Å². The number of para-hydroxylation sites is 2. The topological polar surface area (TPSA) is 56.6 Å². The number of fused-ring (bicyclic) bond motifs is 1. The van der Waals surface area contributed by atoms with Crippen LogP contribution in [0.3, 0.4) is 0 Å². The maximum absolute atomic E-state index is 12.8. The molecule has 4 aromatic rings. The van der Waals surface area contributed by atoms with Gasteiger partial charge in [-0.1, -0.05) is 23.7 Å². The number of imidazole rings is 1. The fourth-order valence-corrected chi connectivity index (χ4v) is 4.44. The van der Waals surface area contributed by atoms with Crippen molar-refractivity contribution in [3.63, 3.8) is 0 Å². The molecule has 6 nitrogen and oxygen atoms in total. The van der Waals surface area contributed by atoms with Crippen molar-refractivity contribution in [2.45, 2.75) is 18.9 Å². The van der Waals surface area contributed by atoms with E-state index in [4.69, 9.17) is 26.1 Å². The van der Waals surface area contributed by atoms with E-state index in [9.17, 15) is 4.79 Å². The van der Waals surface area contributed by atoms with Crippen molar-refractivity contribution in [1.29, 1.82) is 0 Å². The summed E-state index contributed by atoms with van der Waals surface area (Å²) in [5.74, 6) is 2.59. The molecule has 0 spiro atoms. The molecule has 0 aliphatic carbocycles. The molecule has 33 heavy (non-hydrogen) atoms. The van der Waals surface area contributed by atoms with E-state index in [2.05, 4.69) is 10.6 Å². The summed E-state index contributed by atoms with van der Waals surface area (Å²) in [6.45, 7) is 1.71. The van der Waals surface area contributed by atoms with Gasteiger partial charge in [0.1, 0.15) is 23.9 Å². The van der Waals surface area contributed by atoms with Gasteiger partial charge in [-0.05, 0) is 60.7 Å². The van der Waals surface area contributed by atoms with Gasteiger partial charge in [0.15, 0.2) is 0 Å². The zero-order valence-electron chi connectivity index (χ0n) is 18.3. The van der Waals surface area contributed by atoms with Gasteiger partial charge in [0, 0.05) is 29.6 Å². The molecule has 7 heteroatoms. The molecule has 0 saturated carbocycles. The van der Waals surface area contributed by atoms with Gasteiger partial charge >= 0.3 is 0 Å². The zero-order chi connectivity index (χ0) is 22.8. The maximum Gasteiger partial charge on any atom is 0.227 e. The summed E-state index contributed by atoms with van der Waals surface area (Å²) in [7, 11) is 1.64. The van der Waals surface area contributed by atoms with Crippen LogP contribution in [0.1, 0.15) is 18.2 Å². The molecule has 0 radical (unpaired) electrons. The summed E-state index contributed by atoms with van der Waals surface area (Å²) in [5, 5.41) is 0.653. The molecule has 0 N–H and O–H groups in total. The monoisotopic (exact) mass is 461 g/mol. The van der Waals surface area contributed by atoms with Crippen LogP contribution < -0.4 is 14.4 Å². The third-order valence-electron chi connectivity index (χ3n) is 5.96. The summed E-state index contributed by atoms with van der Waals surface area (Å²) in [4.78, 5) is 19.6. The van der Waals surface area contributed by atoms with E-state index in [1.165, 1.54) is 0 Å². The molecule has 3 aromatic carbocycles. The SMILES string of the molecule is COc1ccc(OCCn2c([C@@H]3CC(=O)N(c4ccc(Cl)cc4)C3)nc3ccccc32)cc1. The highest BCUT2D eigenvalue weighted by Gasteiger charge is 2.34. The molecular weight excluding hydrogens is 438 g/mol. The number of benzene rings is 3. The summed E-state index contributed by atoms with van der Waals surface area (Å²) < 4.78 is 13.4. The summed E-state index contributed by atoms with van der Waals surface area (Å²) in [6, 6.07) is 23.0.